The van der Waals surface area contributed by atoms with Crippen molar-refractivity contribution in [2.75, 3.05) is 0 Å². The molecular formula is C7H2ClFN. The fourth-order valence-corrected chi connectivity index (χ4v) is 0.739. The van der Waals surface area contributed by atoms with E-state index in [4.69, 9.17) is 16.9 Å². The van der Waals surface area contributed by atoms with Gasteiger partial charge in [-0.15, -0.1) is 0 Å². The van der Waals surface area contributed by atoms with Crippen molar-refractivity contribution >= 4 is 11.6 Å². The van der Waals surface area contributed by atoms with Gasteiger partial charge in [0.25, 0.3) is 0 Å². The van der Waals surface area contributed by atoms with E-state index in [1.54, 1.807) is 6.07 Å². The van der Waals surface area contributed by atoms with Crippen molar-refractivity contribution < 1.29 is 4.39 Å². The van der Waals surface area contributed by atoms with Crippen LogP contribution < -0.4 is 0 Å². The molecule has 0 aliphatic carbocycles. The Morgan fingerprint density at radius 2 is 2.40 bits per heavy atom. The third-order valence-corrected chi connectivity index (χ3v) is 1.32. The predicted octanol–water partition coefficient (Wildman–Crippen LogP) is 2.15. The van der Waals surface area contributed by atoms with E-state index in [2.05, 4.69) is 6.07 Å². The SMILES string of the molecule is N#Cc1c(F)[c]ccc1Cl. The van der Waals surface area contributed by atoms with E-state index in [1.165, 1.54) is 12.1 Å². The molecule has 0 spiro atoms. The van der Waals surface area contributed by atoms with Gasteiger partial charge in [0.2, 0.25) is 0 Å². The van der Waals surface area contributed by atoms with Crippen LogP contribution in [0.3, 0.4) is 0 Å². The summed E-state index contributed by atoms with van der Waals surface area (Å²) in [6.45, 7) is 0. The van der Waals surface area contributed by atoms with Gasteiger partial charge in [0.05, 0.1) is 5.02 Å². The van der Waals surface area contributed by atoms with E-state index in [0.29, 0.717) is 0 Å². The number of halogens is 2. The van der Waals surface area contributed by atoms with Crippen molar-refractivity contribution in [2.24, 2.45) is 0 Å². The first-order valence-corrected chi connectivity index (χ1v) is 2.89. The highest BCUT2D eigenvalue weighted by molar-refractivity contribution is 6.31. The highest BCUT2D eigenvalue weighted by Gasteiger charge is 2.03. The van der Waals surface area contributed by atoms with Crippen LogP contribution in [0.4, 0.5) is 4.39 Å². The van der Waals surface area contributed by atoms with Crippen LogP contribution >= 0.6 is 11.6 Å². The summed E-state index contributed by atoms with van der Waals surface area (Å²) >= 11 is 5.45. The number of hydrogen-bond acceptors (Lipinski definition) is 1. The number of rotatable bonds is 0. The molecule has 0 bridgehead atoms. The van der Waals surface area contributed by atoms with Gasteiger partial charge in [-0.05, 0) is 12.1 Å². The maximum Gasteiger partial charge on any atom is 0.150 e. The molecule has 0 unspecified atom stereocenters. The second-order valence-electron chi connectivity index (χ2n) is 1.63. The lowest BCUT2D eigenvalue weighted by atomic mass is 10.2. The minimum Gasteiger partial charge on any atom is -0.205 e. The van der Waals surface area contributed by atoms with Gasteiger partial charge in [0.1, 0.15) is 17.4 Å². The van der Waals surface area contributed by atoms with E-state index in [1.807, 2.05) is 0 Å². The van der Waals surface area contributed by atoms with Crippen molar-refractivity contribution in [3.8, 4) is 6.07 Å². The van der Waals surface area contributed by atoms with Crippen LogP contribution in [0.15, 0.2) is 12.1 Å². The molecule has 0 aliphatic heterocycles. The van der Waals surface area contributed by atoms with Gasteiger partial charge in [0.15, 0.2) is 0 Å². The first kappa shape index (κ1) is 7.04. The summed E-state index contributed by atoms with van der Waals surface area (Å²) in [7, 11) is 0. The molecule has 49 valence electrons. The average Bonchev–Trinajstić information content (AvgIpc) is 1.88. The third kappa shape index (κ3) is 1.09. The monoisotopic (exact) mass is 154 g/mol. The lowest BCUT2D eigenvalue weighted by Crippen LogP contribution is -1.83. The molecule has 0 aliphatic rings. The third-order valence-electron chi connectivity index (χ3n) is 1.01. The Morgan fingerprint density at radius 3 is 2.80 bits per heavy atom. The van der Waals surface area contributed by atoms with Gasteiger partial charge < -0.3 is 0 Å². The summed E-state index contributed by atoms with van der Waals surface area (Å²) < 4.78 is 12.5. The van der Waals surface area contributed by atoms with Crippen LogP contribution in [0.5, 0.6) is 0 Å². The summed E-state index contributed by atoms with van der Waals surface area (Å²) in [5.74, 6) is -0.699. The largest absolute Gasteiger partial charge is 0.205 e. The molecule has 0 saturated heterocycles. The zero-order valence-electron chi connectivity index (χ0n) is 4.86. The molecule has 1 radical (unpaired) electrons. The van der Waals surface area contributed by atoms with Gasteiger partial charge in [-0.3, -0.25) is 0 Å². The van der Waals surface area contributed by atoms with Gasteiger partial charge in [-0.1, -0.05) is 11.6 Å². The quantitative estimate of drug-likeness (QED) is 0.562. The van der Waals surface area contributed by atoms with Crippen LogP contribution in [-0.4, -0.2) is 0 Å². The number of nitrogens with zero attached hydrogens (tertiary/aromatic N) is 1. The first-order valence-electron chi connectivity index (χ1n) is 2.51. The highest BCUT2D eigenvalue weighted by atomic mass is 35.5. The van der Waals surface area contributed by atoms with Gasteiger partial charge in [-0.25, -0.2) is 4.39 Å². The molecule has 3 heteroatoms. The molecule has 0 aromatic heterocycles. The fraction of sp³-hybridized carbons (Fsp3) is 0. The Bertz CT molecular complexity index is 270. The fourth-order valence-electron chi connectivity index (χ4n) is 0.551. The van der Waals surface area contributed by atoms with E-state index in [-0.39, 0.29) is 10.6 Å². The topological polar surface area (TPSA) is 23.8 Å². The second-order valence-corrected chi connectivity index (χ2v) is 2.03. The van der Waals surface area contributed by atoms with Crippen LogP contribution in [0.1, 0.15) is 5.56 Å². The summed E-state index contributed by atoms with van der Waals surface area (Å²) in [6, 6.07) is 6.60. The summed E-state index contributed by atoms with van der Waals surface area (Å²) in [6.07, 6.45) is 0. The van der Waals surface area contributed by atoms with E-state index in [0.717, 1.165) is 0 Å². The maximum atomic E-state index is 12.5. The first-order chi connectivity index (χ1) is 4.75. The van der Waals surface area contributed by atoms with Crippen LogP contribution in [0.25, 0.3) is 0 Å². The standard InChI is InChI=1S/C7H2ClFN/c8-6-2-1-3-7(9)5(6)4-10/h1-2H. The maximum absolute atomic E-state index is 12.5. The van der Waals surface area contributed by atoms with Crippen molar-refractivity contribution in [3.63, 3.8) is 0 Å². The Labute approximate surface area is 62.7 Å². The lowest BCUT2D eigenvalue weighted by molar-refractivity contribution is 0.622. The molecule has 0 N–H and O–H groups in total. The molecule has 1 rings (SSSR count). The van der Waals surface area contributed by atoms with E-state index < -0.39 is 5.82 Å². The molecule has 0 amide bonds. The normalized spacial score (nSPS) is 8.90. The Balaban J connectivity index is 3.34. The molecule has 10 heavy (non-hydrogen) atoms. The van der Waals surface area contributed by atoms with Gasteiger partial charge in [-0.2, -0.15) is 5.26 Å². The summed E-state index contributed by atoms with van der Waals surface area (Å²) in [5.41, 5.74) is -0.149. The van der Waals surface area contributed by atoms with Crippen molar-refractivity contribution in [3.05, 3.63) is 34.6 Å². The number of hydrogen-bond donors (Lipinski definition) is 0. The van der Waals surface area contributed by atoms with Crippen molar-refractivity contribution in [1.82, 2.24) is 0 Å². The average molecular weight is 155 g/mol. The van der Waals surface area contributed by atoms with Crippen molar-refractivity contribution in [1.29, 1.82) is 5.26 Å². The van der Waals surface area contributed by atoms with Crippen LogP contribution in [0.2, 0.25) is 5.02 Å². The predicted molar refractivity (Wildman–Crippen MR) is 35.0 cm³/mol. The summed E-state index contributed by atoms with van der Waals surface area (Å²) in [4.78, 5) is 0. The molecule has 0 heterocycles. The van der Waals surface area contributed by atoms with Crippen molar-refractivity contribution in [2.45, 2.75) is 0 Å². The molecule has 0 saturated carbocycles. The summed E-state index contributed by atoms with van der Waals surface area (Å²) in [5, 5.41) is 8.43. The number of nitriles is 1. The zero-order valence-corrected chi connectivity index (χ0v) is 5.61. The lowest BCUT2D eigenvalue weighted by Gasteiger charge is -1.92. The second kappa shape index (κ2) is 2.68. The van der Waals surface area contributed by atoms with Gasteiger partial charge in [0, 0.05) is 6.07 Å². The molecule has 1 aromatic carbocycles. The smallest absolute Gasteiger partial charge is 0.150 e. The Kier molecular flexibility index (Phi) is 1.88. The van der Waals surface area contributed by atoms with Gasteiger partial charge >= 0.3 is 0 Å². The number of benzene rings is 1. The molecule has 0 fully saturated rings. The van der Waals surface area contributed by atoms with E-state index in [9.17, 15) is 4.39 Å². The molecule has 1 nitrogen and oxygen atoms in total. The molecule has 0 atom stereocenters. The zero-order chi connectivity index (χ0) is 7.56. The van der Waals surface area contributed by atoms with Crippen LogP contribution in [-0.2, 0) is 0 Å². The Hall–Kier alpha value is -1.07. The molecule has 1 aromatic rings. The minimum absolute atomic E-state index is 0.124. The van der Waals surface area contributed by atoms with Crippen LogP contribution in [0, 0.1) is 23.2 Å². The minimum atomic E-state index is -0.699. The highest BCUT2D eigenvalue weighted by Crippen LogP contribution is 2.16. The van der Waals surface area contributed by atoms with E-state index >= 15 is 0 Å². The Morgan fingerprint density at radius 1 is 1.70 bits per heavy atom. The molecular weight excluding hydrogens is 153 g/mol.